The van der Waals surface area contributed by atoms with E-state index in [0.717, 1.165) is 30.9 Å². The number of carbonyl (C=O) groups is 1. The van der Waals surface area contributed by atoms with Gasteiger partial charge < -0.3 is 25.0 Å². The highest BCUT2D eigenvalue weighted by Gasteiger charge is 2.55. The van der Waals surface area contributed by atoms with Crippen LogP contribution < -0.4 is 21.5 Å². The monoisotopic (exact) mass is 608 g/mol. The van der Waals surface area contributed by atoms with Crippen LogP contribution in [-0.2, 0) is 14.3 Å². The summed E-state index contributed by atoms with van der Waals surface area (Å²) < 4.78 is 54.4. The second-order valence-electron chi connectivity index (χ2n) is 11.6. The summed E-state index contributed by atoms with van der Waals surface area (Å²) in [6, 6.07) is 16.7. The van der Waals surface area contributed by atoms with Gasteiger partial charge in [-0.05, 0) is 32.8 Å². The molecular formula is C30H31F3N8O3. The summed E-state index contributed by atoms with van der Waals surface area (Å²) in [6.07, 6.45) is -3.14. The molecule has 4 unspecified atom stereocenters. The maximum atomic E-state index is 14.1. The highest BCUT2D eigenvalue weighted by atomic mass is 19.4. The number of nitrogens with zero attached hydrogens (tertiary/aromatic N) is 4. The van der Waals surface area contributed by atoms with Gasteiger partial charge in [-0.2, -0.15) is 23.6 Å². The lowest BCUT2D eigenvalue weighted by molar-refractivity contribution is -0.189. The number of alkyl halides is 3. The van der Waals surface area contributed by atoms with Crippen molar-refractivity contribution >= 4 is 29.5 Å². The zero-order valence-electron chi connectivity index (χ0n) is 24.0. The molecule has 1 amide bonds. The van der Waals surface area contributed by atoms with E-state index in [4.69, 9.17) is 14.5 Å². The van der Waals surface area contributed by atoms with Gasteiger partial charge >= 0.3 is 12.2 Å². The van der Waals surface area contributed by atoms with E-state index in [-0.39, 0.29) is 24.1 Å². The molecule has 5 atom stereocenters. The van der Waals surface area contributed by atoms with E-state index >= 15 is 0 Å². The fourth-order valence-corrected chi connectivity index (χ4v) is 5.99. The molecule has 44 heavy (non-hydrogen) atoms. The number of rotatable bonds is 4. The number of morpholine rings is 1. The third-order valence-corrected chi connectivity index (χ3v) is 8.42. The Balaban J connectivity index is 1.22. The second kappa shape index (κ2) is 10.3. The predicted octanol–water partition coefficient (Wildman–Crippen LogP) is 3.03. The number of hydrogen-bond acceptors (Lipinski definition) is 9. The van der Waals surface area contributed by atoms with Crippen LogP contribution in [0.3, 0.4) is 0 Å². The zero-order valence-corrected chi connectivity index (χ0v) is 24.0. The number of amidine groups is 1. The molecular weight excluding hydrogens is 577 g/mol. The number of amides is 1. The average molecular weight is 609 g/mol. The maximum absolute atomic E-state index is 14.1. The third-order valence-electron chi connectivity index (χ3n) is 8.42. The van der Waals surface area contributed by atoms with Crippen LogP contribution in [0.15, 0.2) is 81.0 Å². The number of nitrogens with one attached hydrogen (secondary N) is 4. The highest BCUT2D eigenvalue weighted by Crippen LogP contribution is 2.39. The highest BCUT2D eigenvalue weighted by molar-refractivity contribution is 6.19. The molecule has 0 spiro atoms. The van der Waals surface area contributed by atoms with Gasteiger partial charge in [0.1, 0.15) is 5.82 Å². The van der Waals surface area contributed by atoms with Crippen molar-refractivity contribution in [1.29, 1.82) is 0 Å². The number of anilines is 1. The summed E-state index contributed by atoms with van der Waals surface area (Å²) in [5.74, 6) is -0.231. The van der Waals surface area contributed by atoms with Crippen LogP contribution in [0.4, 0.5) is 18.9 Å². The van der Waals surface area contributed by atoms with Gasteiger partial charge in [-0.1, -0.05) is 48.5 Å². The first-order valence-electron chi connectivity index (χ1n) is 14.4. The van der Waals surface area contributed by atoms with Crippen molar-refractivity contribution in [3.05, 3.63) is 77.1 Å². The fourth-order valence-electron chi connectivity index (χ4n) is 5.99. The molecule has 0 saturated carbocycles. The molecule has 7 rings (SSSR count). The SMILES string of the molecule is CC1(C2=C(N3CC4CCC(C3)O4)NC(C)(C(F)(F)F)N=C2)NNC(=N[C@H]2N=C(c3ccccc3)c3ccccc3NC2=O)O1. The lowest BCUT2D eigenvalue weighted by Gasteiger charge is -2.43. The standard InChI is InChI=1S/C30H31F3N8O3/c1-28(21-14-34-29(2,30(31,32)33)38-25(21)41-15-18-12-13-19(16-41)43-18)40-39-27(44-28)37-24-26(42)35-22-11-7-6-10-20(22)23(36-24)17-8-4-3-5-9-17/h3-11,14,18-19,24,38,40H,12-13,15-16H2,1-2H3,(H,35,42)(H,37,39)/t18?,19?,24-,28?,29?/m1/s1. The topological polar surface area (TPSA) is 124 Å². The van der Waals surface area contributed by atoms with Crippen molar-refractivity contribution in [3.8, 4) is 0 Å². The van der Waals surface area contributed by atoms with Crippen molar-refractivity contribution < 1.29 is 27.4 Å². The van der Waals surface area contributed by atoms with Gasteiger partial charge in [-0.25, -0.2) is 4.99 Å². The van der Waals surface area contributed by atoms with E-state index in [2.05, 4.69) is 31.5 Å². The number of para-hydroxylation sites is 1. The number of likely N-dealkylation sites (tertiary alicyclic amines) is 1. The molecule has 5 aliphatic rings. The van der Waals surface area contributed by atoms with Gasteiger partial charge in [0.15, 0.2) is 0 Å². The molecule has 4 N–H and O–H groups in total. The molecule has 0 aromatic heterocycles. The van der Waals surface area contributed by atoms with Gasteiger partial charge in [-0.15, -0.1) is 0 Å². The van der Waals surface area contributed by atoms with E-state index < -0.39 is 29.6 Å². The van der Waals surface area contributed by atoms with Crippen LogP contribution in [0.5, 0.6) is 0 Å². The largest absolute Gasteiger partial charge is 0.437 e. The van der Waals surface area contributed by atoms with Crippen LogP contribution in [0.1, 0.15) is 37.8 Å². The molecule has 2 aromatic carbocycles. The van der Waals surface area contributed by atoms with Gasteiger partial charge in [-0.3, -0.25) is 15.2 Å². The molecule has 0 aliphatic carbocycles. The smallest absolute Gasteiger partial charge is 0.431 e. The summed E-state index contributed by atoms with van der Waals surface area (Å²) in [5.41, 5.74) is 4.97. The molecule has 5 heterocycles. The van der Waals surface area contributed by atoms with Crippen molar-refractivity contribution in [2.45, 2.75) is 62.6 Å². The molecule has 2 bridgehead atoms. The number of benzodiazepines with no additional fused rings is 1. The molecule has 2 aromatic rings. The van der Waals surface area contributed by atoms with Gasteiger partial charge in [0.05, 0.1) is 29.2 Å². The van der Waals surface area contributed by atoms with Crippen molar-refractivity contribution in [2.75, 3.05) is 18.4 Å². The Bertz CT molecular complexity index is 1600. The molecule has 0 radical (unpaired) electrons. The number of hydrazine groups is 1. The fraction of sp³-hybridized carbons (Fsp3) is 0.400. The summed E-state index contributed by atoms with van der Waals surface area (Å²) in [5, 5.41) is 5.55. The van der Waals surface area contributed by atoms with Gasteiger partial charge in [0.25, 0.3) is 5.91 Å². The number of ether oxygens (including phenoxy) is 2. The first kappa shape index (κ1) is 28.3. The molecule has 3 fully saturated rings. The Morgan fingerprint density at radius 3 is 2.45 bits per heavy atom. The van der Waals surface area contributed by atoms with Crippen LogP contribution in [0.25, 0.3) is 0 Å². The molecule has 230 valence electrons. The van der Waals surface area contributed by atoms with Crippen molar-refractivity contribution in [3.63, 3.8) is 0 Å². The quantitative estimate of drug-likeness (QED) is 0.421. The number of benzene rings is 2. The summed E-state index contributed by atoms with van der Waals surface area (Å²) in [6.45, 7) is 3.50. The summed E-state index contributed by atoms with van der Waals surface area (Å²) in [7, 11) is 0. The minimum Gasteiger partial charge on any atom is -0.437 e. The van der Waals surface area contributed by atoms with E-state index in [1.807, 2.05) is 53.4 Å². The number of aliphatic imine (C=N–C) groups is 3. The first-order valence-corrected chi connectivity index (χ1v) is 14.4. The van der Waals surface area contributed by atoms with Crippen LogP contribution in [-0.4, -0.2) is 77.8 Å². The molecule has 5 aliphatic heterocycles. The lowest BCUT2D eigenvalue weighted by atomic mass is 10.0. The van der Waals surface area contributed by atoms with Crippen LogP contribution in [0, 0.1) is 0 Å². The summed E-state index contributed by atoms with van der Waals surface area (Å²) >= 11 is 0. The van der Waals surface area contributed by atoms with Gasteiger partial charge in [0.2, 0.25) is 17.6 Å². The minimum atomic E-state index is -4.65. The number of carbonyl (C=O) groups excluding carboxylic acids is 1. The number of hydrogen-bond donors (Lipinski definition) is 4. The Morgan fingerprint density at radius 2 is 1.73 bits per heavy atom. The maximum Gasteiger partial charge on any atom is 0.431 e. The number of halogens is 3. The lowest BCUT2D eigenvalue weighted by Crippen LogP contribution is -2.60. The second-order valence-corrected chi connectivity index (χ2v) is 11.6. The Labute approximate surface area is 251 Å². The first-order chi connectivity index (χ1) is 21.0. The molecule has 11 nitrogen and oxygen atoms in total. The Morgan fingerprint density at radius 1 is 1.02 bits per heavy atom. The third kappa shape index (κ3) is 4.97. The van der Waals surface area contributed by atoms with Crippen LogP contribution in [0.2, 0.25) is 0 Å². The van der Waals surface area contributed by atoms with Crippen LogP contribution >= 0.6 is 0 Å². The normalized spacial score (nSPS) is 32.3. The average Bonchev–Trinajstić information content (AvgIpc) is 3.51. The predicted molar refractivity (Wildman–Crippen MR) is 157 cm³/mol. The Hall–Kier alpha value is -4.43. The molecule has 14 heteroatoms. The van der Waals surface area contributed by atoms with Gasteiger partial charge in [0, 0.05) is 30.4 Å². The number of fused-ring (bicyclic) bond motifs is 3. The zero-order chi connectivity index (χ0) is 30.7. The summed E-state index contributed by atoms with van der Waals surface area (Å²) in [4.78, 5) is 28.3. The van der Waals surface area contributed by atoms with E-state index in [1.54, 1.807) is 13.0 Å². The minimum absolute atomic E-state index is 0.0544. The van der Waals surface area contributed by atoms with E-state index in [1.165, 1.54) is 6.21 Å². The van der Waals surface area contributed by atoms with E-state index in [9.17, 15) is 18.0 Å². The van der Waals surface area contributed by atoms with Crippen molar-refractivity contribution in [1.82, 2.24) is 21.1 Å². The Kier molecular flexibility index (Phi) is 6.66. The molecule has 3 saturated heterocycles. The van der Waals surface area contributed by atoms with Crippen molar-refractivity contribution in [2.24, 2.45) is 15.0 Å². The van der Waals surface area contributed by atoms with E-state index in [0.29, 0.717) is 30.1 Å².